The van der Waals surface area contributed by atoms with Gasteiger partial charge in [-0.1, -0.05) is 89.7 Å². The van der Waals surface area contributed by atoms with Crippen LogP contribution in [0.2, 0.25) is 20.1 Å². The summed E-state index contributed by atoms with van der Waals surface area (Å²) in [4.78, 5) is 103. The Hall–Kier alpha value is -7.63. The minimum absolute atomic E-state index is 0.00657. The maximum absolute atomic E-state index is 15.7. The van der Waals surface area contributed by atoms with Crippen molar-refractivity contribution in [1.29, 1.82) is 0 Å². The number of carbonyl (C=O) groups is 7. The quantitative estimate of drug-likeness (QED) is 0.0786. The van der Waals surface area contributed by atoms with Crippen molar-refractivity contribution in [2.24, 2.45) is 5.92 Å². The van der Waals surface area contributed by atoms with E-state index in [4.69, 9.17) is 51.1 Å². The number of phenols is 4. The van der Waals surface area contributed by atoms with Crippen molar-refractivity contribution in [1.82, 2.24) is 10.2 Å². The van der Waals surface area contributed by atoms with Gasteiger partial charge in [0.1, 0.15) is 23.3 Å². The Morgan fingerprint density at radius 3 is 1.88 bits per heavy atom. The predicted molar refractivity (Wildman–Crippen MR) is 285 cm³/mol. The summed E-state index contributed by atoms with van der Waals surface area (Å²) in [6.07, 6.45) is -2.07. The molecule has 20 heteroatoms. The zero-order valence-corrected chi connectivity index (χ0v) is 43.9. The molecular formula is C57H47Cl4N3O13. The Labute approximate surface area is 460 Å². The molecular weight excluding hydrogens is 1080 g/mol. The lowest BCUT2D eigenvalue weighted by molar-refractivity contribution is -0.143. The van der Waals surface area contributed by atoms with E-state index in [9.17, 15) is 44.7 Å². The van der Waals surface area contributed by atoms with Gasteiger partial charge in [-0.25, -0.2) is 0 Å². The number of hydrogen-bond donors (Lipinski definition) is 7. The van der Waals surface area contributed by atoms with Crippen LogP contribution < -0.4 is 15.4 Å². The van der Waals surface area contributed by atoms with E-state index in [2.05, 4.69) is 10.6 Å². The summed E-state index contributed by atoms with van der Waals surface area (Å²) in [5, 5.41) is 58.3. The number of amides is 3. The zero-order valence-electron chi connectivity index (χ0n) is 40.9. The fourth-order valence-corrected chi connectivity index (χ4v) is 11.2. The van der Waals surface area contributed by atoms with Crippen LogP contribution in [0.1, 0.15) is 95.7 Å². The Bertz CT molecular complexity index is 3400. The number of nitrogens with zero attached hydrogens (tertiary/aromatic N) is 1. The molecule has 0 spiro atoms. The third kappa shape index (κ3) is 11.0. The molecule has 6 aromatic carbocycles. The van der Waals surface area contributed by atoms with Gasteiger partial charge in [-0.05, 0) is 119 Å². The Kier molecular flexibility index (Phi) is 15.3. The lowest BCUT2D eigenvalue weighted by Crippen LogP contribution is -2.47. The van der Waals surface area contributed by atoms with Gasteiger partial charge in [0.25, 0.3) is 0 Å². The molecule has 0 radical (unpaired) electrons. The van der Waals surface area contributed by atoms with E-state index in [1.54, 1.807) is 37.3 Å². The summed E-state index contributed by atoms with van der Waals surface area (Å²) >= 11 is 25.8. The number of benzene rings is 6. The molecule has 7 N–H and O–H groups in total. The lowest BCUT2D eigenvalue weighted by Gasteiger charge is -2.32. The number of phenolic OH excluding ortho intramolecular Hbond substituents is 4. The highest BCUT2D eigenvalue weighted by atomic mass is 35.5. The first kappa shape index (κ1) is 54.2. The Morgan fingerprint density at radius 2 is 1.27 bits per heavy atom. The number of aromatic hydroxyl groups is 4. The van der Waals surface area contributed by atoms with Gasteiger partial charge in [-0.15, -0.1) is 0 Å². The summed E-state index contributed by atoms with van der Waals surface area (Å²) in [7, 11) is 1.31. The number of aliphatic carboxylic acids is 1. The number of ether oxygens (including phenoxy) is 1. The highest BCUT2D eigenvalue weighted by Gasteiger charge is 2.41. The second-order valence-corrected chi connectivity index (χ2v) is 21.1. The standard InChI is InChI=1S/C57H47Cl4N3O13/c1-25-13-39-34-12-7-28(20-44(34)62-55(39)73)35-15-31-21-49(51(35)69)77-33-10-3-26(4-11-33)14-45(47(67)24-38(57(75)76)27-5-8-32(65)9-6-27)64(2)56(74)37(30-18-42(60)53(71)43(61)19-30)23-48(68)50(31)63-54(72)36(22-46(25)66)29-16-40(58)52(70)41(59)17-29/h3-12,15-21,25,36-39,45,50,65,69-71H,13-14,22-24H2,1-2H3,(H,62,73)(H,63,72)(H,75,76). The highest BCUT2D eigenvalue weighted by Crippen LogP contribution is 2.47. The molecule has 7 unspecified atom stereocenters. The van der Waals surface area contributed by atoms with Gasteiger partial charge in [-0.2, -0.15) is 0 Å². The smallest absolute Gasteiger partial charge is 0.311 e. The first-order valence-electron chi connectivity index (χ1n) is 24.2. The van der Waals surface area contributed by atoms with Crippen LogP contribution in [-0.2, 0) is 40.0 Å². The third-order valence-electron chi connectivity index (χ3n) is 14.6. The number of rotatable bonds is 7. The summed E-state index contributed by atoms with van der Waals surface area (Å²) in [5.41, 5.74) is 2.15. The number of likely N-dealkylation sites (N-methyl/N-ethyl adjacent to an activating group) is 1. The van der Waals surface area contributed by atoms with Gasteiger partial charge in [-0.3, -0.25) is 33.6 Å². The molecule has 3 amide bonds. The fourth-order valence-electron chi connectivity index (χ4n) is 10.2. The molecule has 9 bridgehead atoms. The molecule has 0 saturated heterocycles. The van der Waals surface area contributed by atoms with Crippen LogP contribution in [0.3, 0.4) is 0 Å². The van der Waals surface area contributed by atoms with Crippen LogP contribution in [0, 0.1) is 5.92 Å². The molecule has 16 nitrogen and oxygen atoms in total. The van der Waals surface area contributed by atoms with Crippen LogP contribution in [-0.4, -0.2) is 84.6 Å². The summed E-state index contributed by atoms with van der Waals surface area (Å²) in [5.74, 6) is -13.3. The lowest BCUT2D eigenvalue weighted by atomic mass is 9.82. The molecule has 5 heterocycles. The Balaban J connectivity index is 1.25. The number of carbonyl (C=O) groups excluding carboxylic acids is 6. The van der Waals surface area contributed by atoms with Crippen molar-refractivity contribution in [2.75, 3.05) is 12.4 Å². The van der Waals surface area contributed by atoms with E-state index in [0.717, 1.165) is 4.90 Å². The molecule has 396 valence electrons. The van der Waals surface area contributed by atoms with E-state index >= 15 is 14.4 Å². The normalized spacial score (nSPS) is 21.2. The van der Waals surface area contributed by atoms with E-state index in [1.807, 2.05) is 0 Å². The monoisotopic (exact) mass is 1120 g/mol. The number of fused-ring (bicyclic) bond motifs is 15. The minimum atomic E-state index is -1.77. The molecule has 11 rings (SSSR count). The average molecular weight is 1120 g/mol. The minimum Gasteiger partial charge on any atom is -0.508 e. The van der Waals surface area contributed by atoms with Crippen molar-refractivity contribution in [3.8, 4) is 45.6 Å². The van der Waals surface area contributed by atoms with Crippen LogP contribution in [0.15, 0.2) is 103 Å². The molecule has 0 aliphatic carbocycles. The van der Waals surface area contributed by atoms with Gasteiger partial charge in [0.15, 0.2) is 34.6 Å². The molecule has 0 fully saturated rings. The van der Waals surface area contributed by atoms with Gasteiger partial charge >= 0.3 is 5.97 Å². The van der Waals surface area contributed by atoms with Crippen molar-refractivity contribution in [2.45, 2.75) is 74.8 Å². The van der Waals surface area contributed by atoms with Gasteiger partial charge in [0.2, 0.25) is 17.7 Å². The number of halogens is 4. The zero-order chi connectivity index (χ0) is 55.3. The van der Waals surface area contributed by atoms with Crippen molar-refractivity contribution < 1.29 is 63.8 Å². The molecule has 5 aliphatic rings. The van der Waals surface area contributed by atoms with Crippen molar-refractivity contribution in [3.05, 3.63) is 157 Å². The topological polar surface area (TPSA) is 257 Å². The van der Waals surface area contributed by atoms with Crippen LogP contribution in [0.5, 0.6) is 34.5 Å². The van der Waals surface area contributed by atoms with E-state index < -0.39 is 113 Å². The first-order chi connectivity index (χ1) is 36.6. The summed E-state index contributed by atoms with van der Waals surface area (Å²) in [6.45, 7) is 1.62. The summed E-state index contributed by atoms with van der Waals surface area (Å²) < 4.78 is 6.38. The first-order valence-corrected chi connectivity index (χ1v) is 25.7. The van der Waals surface area contributed by atoms with E-state index in [-0.39, 0.29) is 83.9 Å². The maximum Gasteiger partial charge on any atom is 0.311 e. The van der Waals surface area contributed by atoms with Gasteiger partial charge in [0, 0.05) is 43.5 Å². The second-order valence-electron chi connectivity index (χ2n) is 19.5. The fraction of sp³-hybridized carbons (Fsp3) is 0.246. The van der Waals surface area contributed by atoms with Crippen LogP contribution in [0.25, 0.3) is 11.1 Å². The largest absolute Gasteiger partial charge is 0.508 e. The number of anilines is 1. The van der Waals surface area contributed by atoms with Gasteiger partial charge < -0.3 is 45.8 Å². The molecule has 7 atom stereocenters. The molecule has 5 aliphatic heterocycles. The third-order valence-corrected chi connectivity index (χ3v) is 15.7. The van der Waals surface area contributed by atoms with Crippen molar-refractivity contribution >= 4 is 93.1 Å². The number of ketones is 3. The van der Waals surface area contributed by atoms with Gasteiger partial charge in [0.05, 0.1) is 49.8 Å². The SMILES string of the molecule is CC1CC2C(=O)Nc3cc(ccc32)-c2cc3cc(c2O)Oc2ccc(cc2)CC(C(=O)CC(C(=O)O)c2ccc(O)cc2)N(C)C(=O)C(c2cc(Cl)c(O)c(Cl)c2)CC(=O)C3NC(=O)C(c2cc(Cl)c(O)c(Cl)c2)CC1=O. The number of nitrogens with one attached hydrogen (secondary N) is 2. The van der Waals surface area contributed by atoms with E-state index in [1.165, 1.54) is 79.8 Å². The number of Topliss-reactive ketones (excluding diaryl/α,β-unsaturated/α-hetero) is 3. The van der Waals surface area contributed by atoms with Crippen LogP contribution >= 0.6 is 46.4 Å². The predicted octanol–water partition coefficient (Wildman–Crippen LogP) is 10.5. The van der Waals surface area contributed by atoms with Crippen molar-refractivity contribution in [3.63, 3.8) is 0 Å². The molecule has 0 aromatic heterocycles. The number of hydrogen-bond acceptors (Lipinski definition) is 12. The summed E-state index contributed by atoms with van der Waals surface area (Å²) in [6, 6.07) is 21.0. The maximum atomic E-state index is 15.7. The number of carboxylic acid groups (broad SMARTS) is 1. The number of carboxylic acids is 1. The molecule has 6 aromatic rings. The molecule has 77 heavy (non-hydrogen) atoms. The van der Waals surface area contributed by atoms with E-state index in [0.29, 0.717) is 22.4 Å². The Morgan fingerprint density at radius 1 is 0.675 bits per heavy atom. The highest BCUT2D eigenvalue weighted by molar-refractivity contribution is 6.38. The second kappa shape index (κ2) is 21.8. The van der Waals surface area contributed by atoms with Crippen LogP contribution in [0.4, 0.5) is 5.69 Å². The molecule has 0 saturated carbocycles. The average Bonchev–Trinajstić information content (AvgIpc) is 3.71.